The Labute approximate surface area is 104 Å². The van der Waals surface area contributed by atoms with Crippen molar-refractivity contribution in [2.75, 3.05) is 0 Å². The van der Waals surface area contributed by atoms with Crippen molar-refractivity contribution in [3.63, 3.8) is 0 Å². The Kier molecular flexibility index (Phi) is 3.36. The minimum atomic E-state index is -0.397. The third kappa shape index (κ3) is 2.22. The molecule has 1 atom stereocenters. The summed E-state index contributed by atoms with van der Waals surface area (Å²) in [4.78, 5) is 10.6. The van der Waals surface area contributed by atoms with Gasteiger partial charge in [0.15, 0.2) is 0 Å². The van der Waals surface area contributed by atoms with E-state index in [1.807, 2.05) is 6.92 Å². The molecule has 6 nitrogen and oxygen atoms in total. The smallest absolute Gasteiger partial charge is 0.278 e. The molecule has 0 saturated carbocycles. The first kappa shape index (κ1) is 12.2. The van der Waals surface area contributed by atoms with Gasteiger partial charge in [0.05, 0.1) is 16.2 Å². The molecular formula is C12H14N4O2. The summed E-state index contributed by atoms with van der Waals surface area (Å²) in [5, 5.41) is 18.9. The number of benzene rings is 1. The Morgan fingerprint density at radius 3 is 2.83 bits per heavy atom. The molecule has 1 aliphatic heterocycles. The van der Waals surface area contributed by atoms with E-state index in [-0.39, 0.29) is 11.6 Å². The summed E-state index contributed by atoms with van der Waals surface area (Å²) in [6, 6.07) is 6.59. The molecule has 0 aliphatic carbocycles. The van der Waals surface area contributed by atoms with Crippen molar-refractivity contribution < 1.29 is 4.92 Å². The highest BCUT2D eigenvalue weighted by Crippen LogP contribution is 2.26. The highest BCUT2D eigenvalue weighted by atomic mass is 16.6. The van der Waals surface area contributed by atoms with Gasteiger partial charge in [-0.25, -0.2) is 0 Å². The van der Waals surface area contributed by atoms with Gasteiger partial charge in [-0.3, -0.25) is 10.1 Å². The van der Waals surface area contributed by atoms with Crippen LogP contribution in [0.3, 0.4) is 0 Å². The van der Waals surface area contributed by atoms with Crippen molar-refractivity contribution in [2.24, 2.45) is 21.9 Å². The minimum Gasteiger partial charge on any atom is -0.386 e. The summed E-state index contributed by atoms with van der Waals surface area (Å²) in [5.41, 5.74) is 6.89. The van der Waals surface area contributed by atoms with E-state index in [9.17, 15) is 10.1 Å². The fourth-order valence-electron chi connectivity index (χ4n) is 2.05. The highest BCUT2D eigenvalue weighted by Gasteiger charge is 2.26. The van der Waals surface area contributed by atoms with E-state index in [1.165, 1.54) is 6.07 Å². The molecular weight excluding hydrogens is 232 g/mol. The van der Waals surface area contributed by atoms with Crippen LogP contribution in [0.15, 0.2) is 34.5 Å². The van der Waals surface area contributed by atoms with Gasteiger partial charge in [-0.1, -0.05) is 19.1 Å². The Bertz CT molecular complexity index is 537. The van der Waals surface area contributed by atoms with E-state index < -0.39 is 4.92 Å². The van der Waals surface area contributed by atoms with Crippen molar-refractivity contribution in [1.82, 2.24) is 0 Å². The molecule has 94 valence electrons. The molecule has 0 aromatic heterocycles. The molecule has 1 unspecified atom stereocenters. The fourth-order valence-corrected chi connectivity index (χ4v) is 2.05. The highest BCUT2D eigenvalue weighted by molar-refractivity contribution is 6.08. The van der Waals surface area contributed by atoms with Gasteiger partial charge in [-0.2, -0.15) is 5.10 Å². The standard InChI is InChI=1S/C12H14N4O2/c1-2-8-7-11(13)14-15-12(8)9-5-3-4-6-10(9)16(17)18/h3-6,8H,2,7H2,1H3,(H2,13,14). The maximum atomic E-state index is 11.0. The Balaban J connectivity index is 2.51. The van der Waals surface area contributed by atoms with Gasteiger partial charge in [-0.05, 0) is 12.5 Å². The minimum absolute atomic E-state index is 0.0605. The molecule has 6 heteroatoms. The van der Waals surface area contributed by atoms with Crippen LogP contribution in [0.2, 0.25) is 0 Å². The summed E-state index contributed by atoms with van der Waals surface area (Å²) in [6.07, 6.45) is 1.42. The third-order valence-electron chi connectivity index (χ3n) is 3.00. The molecule has 1 aliphatic rings. The summed E-state index contributed by atoms with van der Waals surface area (Å²) in [7, 11) is 0. The van der Waals surface area contributed by atoms with Crippen LogP contribution in [0.25, 0.3) is 0 Å². The molecule has 1 aromatic rings. The number of nitro benzene ring substituents is 1. The zero-order chi connectivity index (χ0) is 13.1. The first-order valence-electron chi connectivity index (χ1n) is 5.77. The zero-order valence-electron chi connectivity index (χ0n) is 10.0. The molecule has 0 radical (unpaired) electrons. The van der Waals surface area contributed by atoms with Gasteiger partial charge >= 0.3 is 0 Å². The maximum Gasteiger partial charge on any atom is 0.278 e. The molecule has 2 N–H and O–H groups in total. The van der Waals surface area contributed by atoms with Crippen LogP contribution in [0.1, 0.15) is 25.3 Å². The molecule has 0 bridgehead atoms. The average Bonchev–Trinajstić information content (AvgIpc) is 2.38. The number of nitrogens with zero attached hydrogens (tertiary/aromatic N) is 3. The van der Waals surface area contributed by atoms with Gasteiger partial charge in [0.25, 0.3) is 5.69 Å². The number of hydrogen-bond donors (Lipinski definition) is 1. The fraction of sp³-hybridized carbons (Fsp3) is 0.333. The van der Waals surface area contributed by atoms with Crippen LogP contribution in [0.4, 0.5) is 5.69 Å². The van der Waals surface area contributed by atoms with Crippen LogP contribution >= 0.6 is 0 Å². The molecule has 0 amide bonds. The number of rotatable bonds is 3. The Hall–Kier alpha value is -2.24. The largest absolute Gasteiger partial charge is 0.386 e. The molecule has 0 fully saturated rings. The lowest BCUT2D eigenvalue weighted by molar-refractivity contribution is -0.385. The molecule has 0 spiro atoms. The van der Waals surface area contributed by atoms with Crippen LogP contribution in [0, 0.1) is 16.0 Å². The number of para-hydroxylation sites is 1. The normalized spacial score (nSPS) is 19.1. The predicted octanol–water partition coefficient (Wildman–Crippen LogP) is 2.09. The van der Waals surface area contributed by atoms with Crippen LogP contribution < -0.4 is 5.73 Å². The van der Waals surface area contributed by atoms with Gasteiger partial charge in [-0.15, -0.1) is 5.10 Å². The lowest BCUT2D eigenvalue weighted by atomic mass is 9.89. The van der Waals surface area contributed by atoms with E-state index in [0.29, 0.717) is 23.5 Å². The van der Waals surface area contributed by atoms with Gasteiger partial charge in [0.2, 0.25) is 0 Å². The number of nitrogens with two attached hydrogens (primary N) is 1. The lowest BCUT2D eigenvalue weighted by Crippen LogP contribution is -2.27. The SMILES string of the molecule is CCC1CC(N)=NN=C1c1ccccc1[N+](=O)[O-]. The van der Waals surface area contributed by atoms with E-state index >= 15 is 0 Å². The van der Waals surface area contributed by atoms with Crippen LogP contribution in [-0.2, 0) is 0 Å². The first-order chi connectivity index (χ1) is 8.63. The molecule has 1 heterocycles. The summed E-state index contributed by atoms with van der Waals surface area (Å²) >= 11 is 0. The quantitative estimate of drug-likeness (QED) is 0.653. The Morgan fingerprint density at radius 2 is 2.17 bits per heavy atom. The van der Waals surface area contributed by atoms with Crippen molar-refractivity contribution in [3.8, 4) is 0 Å². The van der Waals surface area contributed by atoms with Gasteiger partial charge in [0, 0.05) is 18.4 Å². The van der Waals surface area contributed by atoms with Crippen LogP contribution in [-0.4, -0.2) is 16.5 Å². The second kappa shape index (κ2) is 4.95. The lowest BCUT2D eigenvalue weighted by Gasteiger charge is -2.19. The monoisotopic (exact) mass is 246 g/mol. The zero-order valence-corrected chi connectivity index (χ0v) is 10.0. The molecule has 2 rings (SSSR count). The van der Waals surface area contributed by atoms with Gasteiger partial charge < -0.3 is 5.73 Å². The van der Waals surface area contributed by atoms with Crippen molar-refractivity contribution >= 4 is 17.2 Å². The van der Waals surface area contributed by atoms with Crippen molar-refractivity contribution in [1.29, 1.82) is 0 Å². The predicted molar refractivity (Wildman–Crippen MR) is 69.7 cm³/mol. The number of amidine groups is 1. The van der Waals surface area contributed by atoms with E-state index in [4.69, 9.17) is 5.73 Å². The van der Waals surface area contributed by atoms with Crippen LogP contribution in [0.5, 0.6) is 0 Å². The summed E-state index contributed by atoms with van der Waals surface area (Å²) < 4.78 is 0. The second-order valence-corrected chi connectivity index (χ2v) is 4.16. The molecule has 1 aromatic carbocycles. The third-order valence-corrected chi connectivity index (χ3v) is 3.00. The van der Waals surface area contributed by atoms with Gasteiger partial charge in [0.1, 0.15) is 5.84 Å². The number of nitro groups is 1. The maximum absolute atomic E-state index is 11.0. The van der Waals surface area contributed by atoms with E-state index in [1.54, 1.807) is 18.2 Å². The first-order valence-corrected chi connectivity index (χ1v) is 5.77. The van der Waals surface area contributed by atoms with Crippen molar-refractivity contribution in [2.45, 2.75) is 19.8 Å². The summed E-state index contributed by atoms with van der Waals surface area (Å²) in [5.74, 6) is 0.563. The molecule has 18 heavy (non-hydrogen) atoms. The Morgan fingerprint density at radius 1 is 1.44 bits per heavy atom. The van der Waals surface area contributed by atoms with E-state index in [0.717, 1.165) is 6.42 Å². The average molecular weight is 246 g/mol. The van der Waals surface area contributed by atoms with E-state index in [2.05, 4.69) is 10.2 Å². The van der Waals surface area contributed by atoms with Crippen molar-refractivity contribution in [3.05, 3.63) is 39.9 Å². The topological polar surface area (TPSA) is 93.9 Å². The summed E-state index contributed by atoms with van der Waals surface area (Å²) in [6.45, 7) is 2.01. The molecule has 0 saturated heterocycles. The number of hydrogen-bond acceptors (Lipinski definition) is 5. The second-order valence-electron chi connectivity index (χ2n) is 4.16.